The van der Waals surface area contributed by atoms with E-state index in [2.05, 4.69) is 81.4 Å². The highest BCUT2D eigenvalue weighted by Gasteiger charge is 2.52. The Bertz CT molecular complexity index is 1120. The molecule has 0 radical (unpaired) electrons. The number of hydrogen-bond donors (Lipinski definition) is 1. The second-order valence-electron chi connectivity index (χ2n) is 8.67. The minimum atomic E-state index is -0.408. The fourth-order valence-electron chi connectivity index (χ4n) is 5.14. The number of para-hydroxylation sites is 1. The Morgan fingerprint density at radius 2 is 1.91 bits per heavy atom. The van der Waals surface area contributed by atoms with E-state index in [1.807, 2.05) is 6.07 Å². The van der Waals surface area contributed by atoms with Crippen LogP contribution in [0.15, 0.2) is 72.1 Å². The van der Waals surface area contributed by atoms with Gasteiger partial charge >= 0.3 is 0 Å². The van der Waals surface area contributed by atoms with Gasteiger partial charge in [-0.25, -0.2) is 0 Å². The summed E-state index contributed by atoms with van der Waals surface area (Å²) in [6, 6.07) is 21.3. The molecule has 0 aliphatic carbocycles. The Labute approximate surface area is 192 Å². The molecule has 1 saturated heterocycles. The maximum absolute atomic E-state index is 6.84. The predicted molar refractivity (Wildman–Crippen MR) is 127 cm³/mol. The number of ether oxygens (including phenoxy) is 2. The molecule has 1 N–H and O–H groups in total. The SMILES string of the molecule is COc1cccc2c1OC1(CCN(Cc3ccccc3)CC1)N1NC(c3cccs3)=CC21. The van der Waals surface area contributed by atoms with Crippen LogP contribution in [0.5, 0.6) is 11.5 Å². The summed E-state index contributed by atoms with van der Waals surface area (Å²) in [6.45, 7) is 2.95. The third-order valence-corrected chi connectivity index (χ3v) is 7.70. The number of rotatable bonds is 4. The molecule has 6 rings (SSSR count). The van der Waals surface area contributed by atoms with Crippen molar-refractivity contribution in [3.05, 3.63) is 88.1 Å². The summed E-state index contributed by atoms with van der Waals surface area (Å²) < 4.78 is 12.5. The van der Waals surface area contributed by atoms with Gasteiger partial charge in [0.15, 0.2) is 17.2 Å². The summed E-state index contributed by atoms with van der Waals surface area (Å²) in [5.74, 6) is 1.70. The van der Waals surface area contributed by atoms with Gasteiger partial charge in [-0.3, -0.25) is 4.90 Å². The first-order valence-corrected chi connectivity index (χ1v) is 12.1. The molecule has 2 aromatic carbocycles. The molecule has 1 fully saturated rings. The second kappa shape index (κ2) is 7.96. The summed E-state index contributed by atoms with van der Waals surface area (Å²) in [6.07, 6.45) is 4.18. The van der Waals surface area contributed by atoms with E-state index in [9.17, 15) is 0 Å². The van der Waals surface area contributed by atoms with Crippen molar-refractivity contribution in [3.63, 3.8) is 0 Å². The zero-order valence-corrected chi connectivity index (χ0v) is 19.0. The second-order valence-corrected chi connectivity index (χ2v) is 9.62. The number of benzene rings is 2. The van der Waals surface area contributed by atoms with E-state index in [4.69, 9.17) is 9.47 Å². The molecule has 0 amide bonds. The summed E-state index contributed by atoms with van der Waals surface area (Å²) in [5, 5.41) is 4.48. The van der Waals surface area contributed by atoms with E-state index >= 15 is 0 Å². The number of piperidine rings is 1. The van der Waals surface area contributed by atoms with Crippen LogP contribution < -0.4 is 14.9 Å². The summed E-state index contributed by atoms with van der Waals surface area (Å²) in [4.78, 5) is 3.78. The monoisotopic (exact) mass is 445 g/mol. The van der Waals surface area contributed by atoms with Gasteiger partial charge in [-0.1, -0.05) is 48.5 Å². The smallest absolute Gasteiger partial charge is 0.183 e. The fraction of sp³-hybridized carbons (Fsp3) is 0.308. The molecule has 1 atom stereocenters. The molecule has 1 aromatic heterocycles. The van der Waals surface area contributed by atoms with E-state index in [1.165, 1.54) is 10.4 Å². The van der Waals surface area contributed by atoms with Gasteiger partial charge in [-0.15, -0.1) is 11.3 Å². The van der Waals surface area contributed by atoms with E-state index in [-0.39, 0.29) is 6.04 Å². The fourth-order valence-corrected chi connectivity index (χ4v) is 5.84. The van der Waals surface area contributed by atoms with Crippen LogP contribution in [-0.2, 0) is 6.54 Å². The third kappa shape index (κ3) is 3.30. The predicted octanol–water partition coefficient (Wildman–Crippen LogP) is 5.04. The Morgan fingerprint density at radius 1 is 1.06 bits per heavy atom. The van der Waals surface area contributed by atoms with Crippen molar-refractivity contribution >= 4 is 17.0 Å². The van der Waals surface area contributed by atoms with Crippen LogP contribution in [0.4, 0.5) is 0 Å². The number of nitrogens with one attached hydrogen (secondary N) is 1. The lowest BCUT2D eigenvalue weighted by Gasteiger charge is -2.51. The van der Waals surface area contributed by atoms with E-state index in [0.717, 1.165) is 55.2 Å². The normalized spacial score (nSPS) is 21.9. The minimum absolute atomic E-state index is 0.117. The van der Waals surface area contributed by atoms with Crippen molar-refractivity contribution in [2.75, 3.05) is 20.2 Å². The van der Waals surface area contributed by atoms with Gasteiger partial charge in [0.2, 0.25) is 0 Å². The molecule has 0 saturated carbocycles. The quantitative estimate of drug-likeness (QED) is 0.609. The van der Waals surface area contributed by atoms with Crippen molar-refractivity contribution in [1.82, 2.24) is 15.3 Å². The lowest BCUT2D eigenvalue weighted by Crippen LogP contribution is -2.63. The molecule has 0 bridgehead atoms. The molecule has 164 valence electrons. The highest BCUT2D eigenvalue weighted by atomic mass is 32.1. The average Bonchev–Trinajstić information content (AvgIpc) is 3.52. The highest BCUT2D eigenvalue weighted by molar-refractivity contribution is 7.11. The molecular weight excluding hydrogens is 418 g/mol. The van der Waals surface area contributed by atoms with E-state index < -0.39 is 5.72 Å². The average molecular weight is 446 g/mol. The maximum Gasteiger partial charge on any atom is 0.183 e. The van der Waals surface area contributed by atoms with Crippen molar-refractivity contribution in [1.29, 1.82) is 0 Å². The number of hydrogen-bond acceptors (Lipinski definition) is 6. The Balaban J connectivity index is 1.31. The molecule has 3 aliphatic rings. The van der Waals surface area contributed by atoms with E-state index in [0.29, 0.717) is 0 Å². The van der Waals surface area contributed by atoms with Crippen molar-refractivity contribution < 1.29 is 9.47 Å². The molecule has 5 nitrogen and oxygen atoms in total. The topological polar surface area (TPSA) is 37.0 Å². The van der Waals surface area contributed by atoms with Gasteiger partial charge < -0.3 is 14.9 Å². The first kappa shape index (κ1) is 19.9. The van der Waals surface area contributed by atoms with Crippen LogP contribution in [-0.4, -0.2) is 35.8 Å². The van der Waals surface area contributed by atoms with Crippen molar-refractivity contribution in [3.8, 4) is 11.5 Å². The summed E-state index contributed by atoms with van der Waals surface area (Å²) in [5.41, 5.74) is 6.99. The van der Waals surface area contributed by atoms with Gasteiger partial charge in [-0.2, -0.15) is 5.01 Å². The van der Waals surface area contributed by atoms with Crippen LogP contribution in [0.25, 0.3) is 5.70 Å². The van der Waals surface area contributed by atoms with Crippen LogP contribution >= 0.6 is 11.3 Å². The molecule has 3 aromatic rings. The largest absolute Gasteiger partial charge is 0.493 e. The first-order valence-electron chi connectivity index (χ1n) is 11.2. The zero-order chi connectivity index (χ0) is 21.5. The highest BCUT2D eigenvalue weighted by Crippen LogP contribution is 2.51. The van der Waals surface area contributed by atoms with Gasteiger partial charge in [0, 0.05) is 38.0 Å². The van der Waals surface area contributed by atoms with Gasteiger partial charge in [0.05, 0.1) is 23.7 Å². The maximum atomic E-state index is 6.84. The minimum Gasteiger partial charge on any atom is -0.493 e. The first-order chi connectivity index (χ1) is 15.8. The van der Waals surface area contributed by atoms with Crippen molar-refractivity contribution in [2.24, 2.45) is 0 Å². The number of fused-ring (bicyclic) bond motifs is 4. The van der Waals surface area contributed by atoms with Gasteiger partial charge in [0.1, 0.15) is 0 Å². The number of likely N-dealkylation sites (tertiary alicyclic amines) is 1. The molecule has 6 heteroatoms. The van der Waals surface area contributed by atoms with Gasteiger partial charge in [0.25, 0.3) is 0 Å². The summed E-state index contributed by atoms with van der Waals surface area (Å²) >= 11 is 1.76. The number of methoxy groups -OCH3 is 1. The van der Waals surface area contributed by atoms with E-state index in [1.54, 1.807) is 18.4 Å². The van der Waals surface area contributed by atoms with Crippen LogP contribution in [0, 0.1) is 0 Å². The lowest BCUT2D eigenvalue weighted by molar-refractivity contribution is -0.161. The number of thiophene rings is 1. The number of hydrazine groups is 1. The Hall–Kier alpha value is -2.80. The lowest BCUT2D eigenvalue weighted by atomic mass is 9.92. The molecule has 1 unspecified atom stereocenters. The molecule has 32 heavy (non-hydrogen) atoms. The van der Waals surface area contributed by atoms with Crippen LogP contribution in [0.3, 0.4) is 0 Å². The van der Waals surface area contributed by atoms with Crippen molar-refractivity contribution in [2.45, 2.75) is 31.2 Å². The van der Waals surface area contributed by atoms with Gasteiger partial charge in [-0.05, 0) is 29.2 Å². The molecular formula is C26H27N3O2S. The standard InChI is InChI=1S/C26H27N3O2S/c1-30-23-10-5-9-20-22-17-21(24-11-6-16-32-24)27-29(22)26(31-25(20)23)12-14-28(15-13-26)18-19-7-3-2-4-8-19/h2-11,16-17,22,27H,12-15,18H2,1H3. The Kier molecular flexibility index (Phi) is 4.94. The summed E-state index contributed by atoms with van der Waals surface area (Å²) in [7, 11) is 1.72. The third-order valence-electron chi connectivity index (χ3n) is 6.80. The van der Waals surface area contributed by atoms with Crippen LogP contribution in [0.1, 0.15) is 34.9 Å². The molecule has 4 heterocycles. The number of nitrogens with zero attached hydrogens (tertiary/aromatic N) is 2. The molecule has 3 aliphatic heterocycles. The molecule has 1 spiro atoms. The Morgan fingerprint density at radius 3 is 2.66 bits per heavy atom. The van der Waals surface area contributed by atoms with Crippen LogP contribution in [0.2, 0.25) is 0 Å². The zero-order valence-electron chi connectivity index (χ0n) is 18.2.